The van der Waals surface area contributed by atoms with Gasteiger partial charge in [0, 0.05) is 24.1 Å². The molecule has 1 aliphatic rings. The molecule has 0 aliphatic carbocycles. The van der Waals surface area contributed by atoms with Crippen LogP contribution in [-0.4, -0.2) is 23.4 Å². The number of amides is 1. The lowest BCUT2D eigenvalue weighted by Gasteiger charge is -2.34. The molecule has 2 aromatic rings. The number of alkyl halides is 3. The van der Waals surface area contributed by atoms with Crippen LogP contribution >= 0.6 is 0 Å². The fraction of sp³-hybridized carbons (Fsp3) is 0.250. The maximum absolute atomic E-state index is 13.6. The molecule has 1 amide bonds. The Morgan fingerprint density at radius 1 is 1.15 bits per heavy atom. The topological polar surface area (TPSA) is 46.6 Å². The molecule has 0 fully saturated rings. The first-order valence-electron chi connectivity index (χ1n) is 9.92. The fourth-order valence-corrected chi connectivity index (χ4v) is 3.75. The summed E-state index contributed by atoms with van der Waals surface area (Å²) >= 11 is 0. The Bertz CT molecular complexity index is 1090. The average molecular weight is 465 g/mol. The lowest BCUT2D eigenvalue weighted by molar-refractivity contribution is -0.140. The van der Waals surface area contributed by atoms with Gasteiger partial charge in [-0.3, -0.25) is 4.79 Å². The van der Waals surface area contributed by atoms with Gasteiger partial charge in [0.15, 0.2) is 0 Å². The number of benzene rings is 2. The fourth-order valence-electron chi connectivity index (χ4n) is 3.75. The molecule has 0 N–H and O–H groups in total. The summed E-state index contributed by atoms with van der Waals surface area (Å²) in [6.07, 6.45) is -3.42. The Morgan fingerprint density at radius 3 is 2.30 bits per heavy atom. The number of rotatable bonds is 6. The highest BCUT2D eigenvalue weighted by molar-refractivity contribution is 5.95. The zero-order valence-electron chi connectivity index (χ0n) is 17.6. The van der Waals surface area contributed by atoms with Crippen molar-refractivity contribution in [1.82, 2.24) is 4.90 Å². The molecule has 9 heteroatoms. The third kappa shape index (κ3) is 5.47. The highest BCUT2D eigenvalue weighted by atomic mass is 19.4. The standard InChI is InChI=1S/C24H20F5NO3/c1-3-8-33-23(32)22-14(2)30(13-15-9-18(25)11-19(26)10-15)21(31)12-20(22)16-4-6-17(7-5-16)24(27,28)29/h3-7,9-11,20H,1,8,12-13H2,2H3. The molecule has 2 aromatic carbocycles. The highest BCUT2D eigenvalue weighted by Crippen LogP contribution is 2.39. The number of carbonyl (C=O) groups is 2. The second-order valence-corrected chi connectivity index (χ2v) is 7.52. The van der Waals surface area contributed by atoms with E-state index < -0.39 is 41.2 Å². The minimum absolute atomic E-state index is 0.0769. The molecule has 1 aliphatic heterocycles. The Morgan fingerprint density at radius 2 is 1.76 bits per heavy atom. The van der Waals surface area contributed by atoms with E-state index in [0.717, 1.165) is 24.3 Å². The molecule has 33 heavy (non-hydrogen) atoms. The van der Waals surface area contributed by atoms with Crippen LogP contribution in [0.25, 0.3) is 0 Å². The van der Waals surface area contributed by atoms with Gasteiger partial charge in [0.1, 0.15) is 18.2 Å². The Hall–Kier alpha value is -3.49. The summed E-state index contributed by atoms with van der Waals surface area (Å²) in [7, 11) is 0. The molecular formula is C24H20F5NO3. The molecule has 174 valence electrons. The first kappa shape index (κ1) is 24.2. The van der Waals surface area contributed by atoms with Gasteiger partial charge < -0.3 is 9.64 Å². The van der Waals surface area contributed by atoms with Crippen LogP contribution in [0.2, 0.25) is 0 Å². The number of ether oxygens (including phenoxy) is 1. The van der Waals surface area contributed by atoms with Gasteiger partial charge in [-0.25, -0.2) is 13.6 Å². The number of hydrogen-bond acceptors (Lipinski definition) is 3. The molecule has 1 heterocycles. The number of allylic oxidation sites excluding steroid dienone is 1. The van der Waals surface area contributed by atoms with E-state index in [4.69, 9.17) is 4.74 Å². The summed E-state index contributed by atoms with van der Waals surface area (Å²) in [4.78, 5) is 27.0. The number of hydrogen-bond donors (Lipinski definition) is 0. The van der Waals surface area contributed by atoms with Gasteiger partial charge in [-0.15, -0.1) is 0 Å². The lowest BCUT2D eigenvalue weighted by atomic mass is 9.83. The number of carbonyl (C=O) groups excluding carboxylic acids is 2. The van der Waals surface area contributed by atoms with Crippen LogP contribution in [0, 0.1) is 11.6 Å². The van der Waals surface area contributed by atoms with Crippen LogP contribution in [0.15, 0.2) is 66.4 Å². The summed E-state index contributed by atoms with van der Waals surface area (Å²) in [6, 6.07) is 7.03. The van der Waals surface area contributed by atoms with Crippen LogP contribution in [0.4, 0.5) is 22.0 Å². The normalized spacial score (nSPS) is 16.7. The molecule has 0 radical (unpaired) electrons. The number of halogens is 5. The van der Waals surface area contributed by atoms with Gasteiger partial charge in [-0.2, -0.15) is 13.2 Å². The Kier molecular flexibility index (Phi) is 7.00. The van der Waals surface area contributed by atoms with Gasteiger partial charge in [-0.05, 0) is 42.3 Å². The molecule has 1 unspecified atom stereocenters. The highest BCUT2D eigenvalue weighted by Gasteiger charge is 2.37. The molecule has 0 saturated carbocycles. The number of esters is 1. The molecular weight excluding hydrogens is 445 g/mol. The van der Waals surface area contributed by atoms with Crippen LogP contribution < -0.4 is 0 Å². The van der Waals surface area contributed by atoms with Crippen molar-refractivity contribution in [2.75, 3.05) is 6.61 Å². The quantitative estimate of drug-likeness (QED) is 0.322. The van der Waals surface area contributed by atoms with Crippen molar-refractivity contribution in [2.45, 2.75) is 32.0 Å². The predicted molar refractivity (Wildman–Crippen MR) is 110 cm³/mol. The summed E-state index contributed by atoms with van der Waals surface area (Å²) in [6.45, 7) is 4.64. The molecule has 0 bridgehead atoms. The van der Waals surface area contributed by atoms with Gasteiger partial charge in [-0.1, -0.05) is 24.8 Å². The Labute approximate surface area is 187 Å². The van der Waals surface area contributed by atoms with Gasteiger partial charge in [0.2, 0.25) is 5.91 Å². The summed E-state index contributed by atoms with van der Waals surface area (Å²) in [5.41, 5.74) is -0.0905. The van der Waals surface area contributed by atoms with E-state index in [1.54, 1.807) is 0 Å². The molecule has 0 aromatic heterocycles. The van der Waals surface area contributed by atoms with E-state index in [2.05, 4.69) is 6.58 Å². The SMILES string of the molecule is C=CCOC(=O)C1=C(C)N(Cc2cc(F)cc(F)c2)C(=O)CC1c1ccc(C(F)(F)F)cc1. The first-order chi connectivity index (χ1) is 15.5. The van der Waals surface area contributed by atoms with Crippen LogP contribution in [0.1, 0.15) is 36.0 Å². The van der Waals surface area contributed by atoms with Gasteiger partial charge in [0.25, 0.3) is 0 Å². The van der Waals surface area contributed by atoms with E-state index in [-0.39, 0.29) is 36.4 Å². The zero-order valence-corrected chi connectivity index (χ0v) is 17.6. The zero-order chi connectivity index (χ0) is 24.3. The predicted octanol–water partition coefficient (Wildman–Crippen LogP) is 5.50. The van der Waals surface area contributed by atoms with Crippen molar-refractivity contribution in [3.8, 4) is 0 Å². The minimum Gasteiger partial charge on any atom is -0.458 e. The second-order valence-electron chi connectivity index (χ2n) is 7.52. The third-order valence-electron chi connectivity index (χ3n) is 5.28. The smallest absolute Gasteiger partial charge is 0.416 e. The minimum atomic E-state index is -4.53. The van der Waals surface area contributed by atoms with Crippen LogP contribution in [0.5, 0.6) is 0 Å². The Balaban J connectivity index is 2.03. The monoisotopic (exact) mass is 465 g/mol. The molecule has 4 nitrogen and oxygen atoms in total. The van der Waals surface area contributed by atoms with E-state index in [9.17, 15) is 31.5 Å². The van der Waals surface area contributed by atoms with Crippen molar-refractivity contribution in [3.05, 3.63) is 94.7 Å². The van der Waals surface area contributed by atoms with Crippen LogP contribution in [0.3, 0.4) is 0 Å². The molecule has 0 spiro atoms. The van der Waals surface area contributed by atoms with E-state index in [0.29, 0.717) is 11.6 Å². The largest absolute Gasteiger partial charge is 0.458 e. The van der Waals surface area contributed by atoms with E-state index >= 15 is 0 Å². The van der Waals surface area contributed by atoms with Crippen molar-refractivity contribution in [1.29, 1.82) is 0 Å². The molecule has 3 rings (SSSR count). The maximum atomic E-state index is 13.6. The molecule has 0 saturated heterocycles. The van der Waals surface area contributed by atoms with Crippen molar-refractivity contribution >= 4 is 11.9 Å². The van der Waals surface area contributed by atoms with Crippen LogP contribution in [-0.2, 0) is 27.0 Å². The molecule has 1 atom stereocenters. The van der Waals surface area contributed by atoms with E-state index in [1.807, 2.05) is 0 Å². The van der Waals surface area contributed by atoms with Crippen molar-refractivity contribution in [3.63, 3.8) is 0 Å². The first-order valence-corrected chi connectivity index (χ1v) is 9.92. The summed E-state index contributed by atoms with van der Waals surface area (Å²) < 4.78 is 71.2. The van der Waals surface area contributed by atoms with Gasteiger partial charge >= 0.3 is 12.1 Å². The summed E-state index contributed by atoms with van der Waals surface area (Å²) in [5, 5.41) is 0. The lowest BCUT2D eigenvalue weighted by Crippen LogP contribution is -2.38. The van der Waals surface area contributed by atoms with E-state index in [1.165, 1.54) is 30.0 Å². The van der Waals surface area contributed by atoms with Gasteiger partial charge in [0.05, 0.1) is 17.7 Å². The number of nitrogens with zero attached hydrogens (tertiary/aromatic N) is 1. The second kappa shape index (κ2) is 9.56. The average Bonchev–Trinajstić information content (AvgIpc) is 2.73. The third-order valence-corrected chi connectivity index (χ3v) is 5.28. The maximum Gasteiger partial charge on any atom is 0.416 e. The summed E-state index contributed by atoms with van der Waals surface area (Å²) in [5.74, 6) is -3.70. The van der Waals surface area contributed by atoms with Crippen molar-refractivity contribution in [2.24, 2.45) is 0 Å². The van der Waals surface area contributed by atoms with Crippen molar-refractivity contribution < 1.29 is 36.3 Å².